The van der Waals surface area contributed by atoms with E-state index in [1.54, 1.807) is 22.7 Å². The number of aromatic nitrogens is 2. The van der Waals surface area contributed by atoms with Gasteiger partial charge in [-0.1, -0.05) is 97.1 Å². The quantitative estimate of drug-likeness (QED) is 0.176. The zero-order valence-electron chi connectivity index (χ0n) is 30.6. The fourth-order valence-electron chi connectivity index (χ4n) is 9.81. The van der Waals surface area contributed by atoms with Crippen LogP contribution in [-0.4, -0.2) is 9.13 Å². The number of nitrogens with zero attached hydrogens (tertiary/aromatic N) is 4. The average Bonchev–Trinajstić information content (AvgIpc) is 4.03. The van der Waals surface area contributed by atoms with E-state index in [2.05, 4.69) is 167 Å². The smallest absolute Gasteiger partial charge is 0.101 e. The first-order valence-corrected chi connectivity index (χ1v) is 20.8. The van der Waals surface area contributed by atoms with Crippen molar-refractivity contribution in [2.75, 3.05) is 0 Å². The van der Waals surface area contributed by atoms with E-state index in [0.717, 1.165) is 65.2 Å². The second-order valence-corrected chi connectivity index (χ2v) is 17.2. The van der Waals surface area contributed by atoms with Crippen molar-refractivity contribution in [3.8, 4) is 23.5 Å². The van der Waals surface area contributed by atoms with Crippen LogP contribution in [0.2, 0.25) is 0 Å². The van der Waals surface area contributed by atoms with E-state index in [0.29, 0.717) is 22.5 Å². The lowest BCUT2D eigenvalue weighted by atomic mass is 10.0. The highest BCUT2D eigenvalue weighted by atomic mass is 32.1. The molecule has 0 N–H and O–H groups in total. The van der Waals surface area contributed by atoms with Gasteiger partial charge in [0.1, 0.15) is 12.1 Å². The molecule has 0 aliphatic heterocycles. The average molecular weight is 771 g/mol. The van der Waals surface area contributed by atoms with Crippen LogP contribution < -0.4 is 0 Å². The van der Waals surface area contributed by atoms with Gasteiger partial charge in [-0.05, 0) is 82.2 Å². The van der Waals surface area contributed by atoms with Crippen LogP contribution in [-0.2, 0) is 0 Å². The van der Waals surface area contributed by atoms with Gasteiger partial charge >= 0.3 is 0 Å². The SMILES string of the molecule is N#Cc1cc(-n2c3ccc4ccccc4c3c3c4c(ccc32)sc2ccccc24)c(C#N)cc1-n1c2ccc3ccccc3c2c2c3c(ccc21)sc1ccccc13. The normalized spacial score (nSPS) is 12.1. The van der Waals surface area contributed by atoms with Gasteiger partial charge in [0.2, 0.25) is 0 Å². The summed E-state index contributed by atoms with van der Waals surface area (Å²) in [6.45, 7) is 0. The van der Waals surface area contributed by atoms with Gasteiger partial charge in [0.15, 0.2) is 0 Å². The maximum absolute atomic E-state index is 11.1. The van der Waals surface area contributed by atoms with Crippen LogP contribution in [0.3, 0.4) is 0 Å². The summed E-state index contributed by atoms with van der Waals surface area (Å²) in [5, 5.41) is 36.4. The highest BCUT2D eigenvalue weighted by Crippen LogP contribution is 2.48. The van der Waals surface area contributed by atoms with E-state index < -0.39 is 0 Å². The molecule has 58 heavy (non-hydrogen) atoms. The number of benzene rings is 9. The van der Waals surface area contributed by atoms with Gasteiger partial charge in [-0.2, -0.15) is 10.5 Å². The standard InChI is InChI=1S/C52H26N4S2/c53-27-31-26-42(56-38-20-18-30-10-2-4-12-34(30)48(38)52-40(56)22-24-46-50(52)36-14-6-8-16-44(36)58-46)32(28-54)25-41(31)55-37-19-17-29-9-1-3-11-33(29)47(37)51-39(55)21-23-45-49(51)35-13-5-7-15-43(35)57-45/h1-26H. The second kappa shape index (κ2) is 11.5. The minimum Gasteiger partial charge on any atom is -0.308 e. The lowest BCUT2D eigenvalue weighted by Crippen LogP contribution is -2.04. The molecule has 0 radical (unpaired) electrons. The zero-order chi connectivity index (χ0) is 38.2. The van der Waals surface area contributed by atoms with Crippen LogP contribution in [0, 0.1) is 22.7 Å². The summed E-state index contributed by atoms with van der Waals surface area (Å²) in [5.41, 5.74) is 6.38. The van der Waals surface area contributed by atoms with Crippen LogP contribution in [0.4, 0.5) is 0 Å². The molecule has 0 atom stereocenters. The molecule has 0 unspecified atom stereocenters. The van der Waals surface area contributed by atoms with E-state index >= 15 is 0 Å². The first-order valence-electron chi connectivity index (χ1n) is 19.2. The van der Waals surface area contributed by atoms with Crippen molar-refractivity contribution in [3.05, 3.63) is 169 Å². The van der Waals surface area contributed by atoms with Crippen molar-refractivity contribution in [1.82, 2.24) is 9.13 Å². The number of fused-ring (bicyclic) bond motifs is 18. The second-order valence-electron chi connectivity index (χ2n) is 15.0. The lowest BCUT2D eigenvalue weighted by molar-refractivity contribution is 1.12. The minimum atomic E-state index is 0.495. The lowest BCUT2D eigenvalue weighted by Gasteiger charge is -2.16. The van der Waals surface area contributed by atoms with Crippen LogP contribution in [0.5, 0.6) is 0 Å². The van der Waals surface area contributed by atoms with Gasteiger partial charge in [0.05, 0.1) is 44.6 Å². The molecular weight excluding hydrogens is 745 g/mol. The van der Waals surface area contributed by atoms with Crippen molar-refractivity contribution in [1.29, 1.82) is 10.5 Å². The number of hydrogen-bond acceptors (Lipinski definition) is 4. The number of thiophene rings is 2. The molecule has 9 aromatic carbocycles. The topological polar surface area (TPSA) is 57.4 Å². The maximum Gasteiger partial charge on any atom is 0.101 e. The monoisotopic (exact) mass is 770 g/mol. The Labute approximate surface area is 338 Å². The molecule has 4 aromatic heterocycles. The molecule has 6 heteroatoms. The Balaban J connectivity index is 1.17. The first kappa shape index (κ1) is 31.7. The summed E-state index contributed by atoms with van der Waals surface area (Å²) >= 11 is 3.61. The third-order valence-electron chi connectivity index (χ3n) is 12.2. The Kier molecular flexibility index (Phi) is 6.30. The van der Waals surface area contributed by atoms with Crippen molar-refractivity contribution >= 4 is 128 Å². The molecule has 0 amide bonds. The van der Waals surface area contributed by atoms with Crippen LogP contribution in [0.25, 0.3) is 117 Å². The molecule has 4 heterocycles. The molecular formula is C52H26N4S2. The summed E-state index contributed by atoms with van der Waals surface area (Å²) in [6.07, 6.45) is 0. The molecule has 4 nitrogen and oxygen atoms in total. The minimum absolute atomic E-state index is 0.495. The summed E-state index contributed by atoms with van der Waals surface area (Å²) in [4.78, 5) is 0. The van der Waals surface area contributed by atoms with E-state index in [4.69, 9.17) is 0 Å². The summed E-state index contributed by atoms with van der Waals surface area (Å²) in [5.74, 6) is 0. The molecule has 0 aliphatic carbocycles. The van der Waals surface area contributed by atoms with Crippen LogP contribution >= 0.6 is 22.7 Å². The summed E-state index contributed by atoms with van der Waals surface area (Å²) in [6, 6.07) is 60.9. The highest BCUT2D eigenvalue weighted by Gasteiger charge is 2.25. The molecule has 0 saturated heterocycles. The fourth-order valence-corrected chi connectivity index (χ4v) is 12.0. The number of rotatable bonds is 2. The third kappa shape index (κ3) is 4.05. The summed E-state index contributed by atoms with van der Waals surface area (Å²) < 4.78 is 9.36. The van der Waals surface area contributed by atoms with E-state index in [9.17, 15) is 10.5 Å². The molecule has 0 aliphatic rings. The Morgan fingerprint density at radius 3 is 1.17 bits per heavy atom. The van der Waals surface area contributed by atoms with Gasteiger partial charge in [-0.25, -0.2) is 0 Å². The van der Waals surface area contributed by atoms with Crippen LogP contribution in [0.15, 0.2) is 158 Å². The molecule has 266 valence electrons. The number of hydrogen-bond donors (Lipinski definition) is 0. The highest BCUT2D eigenvalue weighted by molar-refractivity contribution is 7.26. The fraction of sp³-hybridized carbons (Fsp3) is 0. The third-order valence-corrected chi connectivity index (χ3v) is 14.4. The van der Waals surface area contributed by atoms with Gasteiger partial charge in [0.25, 0.3) is 0 Å². The van der Waals surface area contributed by atoms with E-state index in [-0.39, 0.29) is 0 Å². The zero-order valence-corrected chi connectivity index (χ0v) is 32.2. The van der Waals surface area contributed by atoms with Crippen molar-refractivity contribution in [3.63, 3.8) is 0 Å². The van der Waals surface area contributed by atoms with E-state index in [1.807, 2.05) is 12.1 Å². The molecule has 13 rings (SSSR count). The van der Waals surface area contributed by atoms with Gasteiger partial charge in [0, 0.05) is 61.9 Å². The molecule has 13 aromatic rings. The largest absolute Gasteiger partial charge is 0.308 e. The van der Waals surface area contributed by atoms with Gasteiger partial charge in [-0.15, -0.1) is 22.7 Å². The Morgan fingerprint density at radius 2 is 0.724 bits per heavy atom. The van der Waals surface area contributed by atoms with E-state index in [1.165, 1.54) is 40.3 Å². The van der Waals surface area contributed by atoms with Crippen molar-refractivity contribution < 1.29 is 0 Å². The molecule has 0 fully saturated rings. The Morgan fingerprint density at radius 1 is 0.345 bits per heavy atom. The van der Waals surface area contributed by atoms with Crippen molar-refractivity contribution in [2.45, 2.75) is 0 Å². The molecule has 0 saturated carbocycles. The Bertz CT molecular complexity index is 3800. The van der Waals surface area contributed by atoms with Gasteiger partial charge < -0.3 is 9.13 Å². The maximum atomic E-state index is 11.1. The van der Waals surface area contributed by atoms with Gasteiger partial charge in [-0.3, -0.25) is 0 Å². The molecule has 0 bridgehead atoms. The summed E-state index contributed by atoms with van der Waals surface area (Å²) in [7, 11) is 0. The molecule has 0 spiro atoms. The number of nitriles is 2. The Hall–Kier alpha value is -7.48. The van der Waals surface area contributed by atoms with Crippen LogP contribution in [0.1, 0.15) is 11.1 Å². The van der Waals surface area contributed by atoms with Crippen molar-refractivity contribution in [2.24, 2.45) is 0 Å². The first-order chi connectivity index (χ1) is 28.7. The predicted octanol–water partition coefficient (Wildman–Crippen LogP) is 14.7. The predicted molar refractivity (Wildman–Crippen MR) is 245 cm³/mol.